The van der Waals surface area contributed by atoms with Gasteiger partial charge in [0.1, 0.15) is 0 Å². The summed E-state index contributed by atoms with van der Waals surface area (Å²) < 4.78 is 0. The average molecular weight is 282 g/mol. The Morgan fingerprint density at radius 3 is 2.95 bits per heavy atom. The van der Waals surface area contributed by atoms with Gasteiger partial charge in [-0.1, -0.05) is 12.2 Å². The minimum Gasteiger partial charge on any atom is -0.337 e. The zero-order chi connectivity index (χ0) is 13.7. The lowest BCUT2D eigenvalue weighted by molar-refractivity contribution is -0.138. The van der Waals surface area contributed by atoms with Gasteiger partial charge in [-0.3, -0.25) is 4.79 Å². The van der Waals surface area contributed by atoms with E-state index >= 15 is 0 Å². The van der Waals surface area contributed by atoms with Gasteiger partial charge in [0.2, 0.25) is 5.91 Å². The highest BCUT2D eigenvalue weighted by Crippen LogP contribution is 2.24. The van der Waals surface area contributed by atoms with Crippen LogP contribution in [0.2, 0.25) is 0 Å². The second-order valence-electron chi connectivity index (χ2n) is 5.86. The first kappa shape index (κ1) is 14.9. The standard InChI is InChI=1S/C15H26N2OS/c1-16(2)11-14-12-19-10-6-9-17(14)15(18)13-7-4-3-5-8-13/h3-4,13-14H,5-12H2,1-2H3/t13-,14-/m1/s1. The van der Waals surface area contributed by atoms with Crippen molar-refractivity contribution in [3.63, 3.8) is 0 Å². The Bertz CT molecular complexity index is 330. The van der Waals surface area contributed by atoms with Crippen molar-refractivity contribution in [2.45, 2.75) is 31.7 Å². The summed E-state index contributed by atoms with van der Waals surface area (Å²) >= 11 is 2.00. The molecule has 0 aromatic heterocycles. The Hall–Kier alpha value is -0.480. The Balaban J connectivity index is 2.03. The van der Waals surface area contributed by atoms with Crippen LogP contribution in [0.3, 0.4) is 0 Å². The monoisotopic (exact) mass is 282 g/mol. The van der Waals surface area contributed by atoms with E-state index in [1.807, 2.05) is 11.8 Å². The molecule has 108 valence electrons. The van der Waals surface area contributed by atoms with Gasteiger partial charge in [0.25, 0.3) is 0 Å². The topological polar surface area (TPSA) is 23.6 Å². The largest absolute Gasteiger partial charge is 0.337 e. The molecule has 2 aliphatic rings. The molecule has 1 aliphatic heterocycles. The van der Waals surface area contributed by atoms with Gasteiger partial charge in [0.15, 0.2) is 0 Å². The maximum absolute atomic E-state index is 12.8. The van der Waals surface area contributed by atoms with Crippen molar-refractivity contribution >= 4 is 17.7 Å². The highest BCUT2D eigenvalue weighted by atomic mass is 32.2. The van der Waals surface area contributed by atoms with Crippen LogP contribution in [0.1, 0.15) is 25.7 Å². The molecular weight excluding hydrogens is 256 g/mol. The van der Waals surface area contributed by atoms with Crippen LogP contribution in [0.25, 0.3) is 0 Å². The Morgan fingerprint density at radius 1 is 1.42 bits per heavy atom. The maximum Gasteiger partial charge on any atom is 0.226 e. The number of likely N-dealkylation sites (N-methyl/N-ethyl adjacent to an activating group) is 1. The minimum atomic E-state index is 0.234. The third kappa shape index (κ3) is 4.25. The molecule has 1 aliphatic carbocycles. The summed E-state index contributed by atoms with van der Waals surface area (Å²) in [5.41, 5.74) is 0. The van der Waals surface area contributed by atoms with E-state index in [0.29, 0.717) is 11.9 Å². The van der Waals surface area contributed by atoms with Crippen molar-refractivity contribution in [1.29, 1.82) is 0 Å². The van der Waals surface area contributed by atoms with Gasteiger partial charge in [-0.15, -0.1) is 0 Å². The maximum atomic E-state index is 12.8. The third-order valence-electron chi connectivity index (χ3n) is 3.92. The second kappa shape index (κ2) is 7.34. The third-order valence-corrected chi connectivity index (χ3v) is 5.11. The highest BCUT2D eigenvalue weighted by Gasteiger charge is 2.30. The summed E-state index contributed by atoms with van der Waals surface area (Å²) in [6.07, 6.45) is 8.57. The predicted octanol–water partition coefficient (Wildman–Crippen LogP) is 2.24. The molecule has 2 atom stereocenters. The van der Waals surface area contributed by atoms with Crippen LogP contribution >= 0.6 is 11.8 Å². The molecule has 0 saturated carbocycles. The fourth-order valence-electron chi connectivity index (χ4n) is 2.94. The number of nitrogens with zero attached hydrogens (tertiary/aromatic N) is 2. The molecule has 2 rings (SSSR count). The van der Waals surface area contributed by atoms with Crippen LogP contribution in [0.4, 0.5) is 0 Å². The molecule has 1 saturated heterocycles. The lowest BCUT2D eigenvalue weighted by Gasteiger charge is -2.34. The first-order chi connectivity index (χ1) is 9.18. The lowest BCUT2D eigenvalue weighted by Crippen LogP contribution is -2.49. The Kier molecular flexibility index (Phi) is 5.76. The van der Waals surface area contributed by atoms with Crippen molar-refractivity contribution in [3.8, 4) is 0 Å². The normalized spacial score (nSPS) is 28.5. The van der Waals surface area contributed by atoms with Crippen LogP contribution in [0.5, 0.6) is 0 Å². The van der Waals surface area contributed by atoms with Gasteiger partial charge in [-0.2, -0.15) is 11.8 Å². The van der Waals surface area contributed by atoms with Gasteiger partial charge in [0.05, 0.1) is 6.04 Å². The van der Waals surface area contributed by atoms with Crippen molar-refractivity contribution in [1.82, 2.24) is 9.80 Å². The fraction of sp³-hybridized carbons (Fsp3) is 0.800. The van der Waals surface area contributed by atoms with E-state index in [1.54, 1.807) is 0 Å². The number of thioether (sulfide) groups is 1. The quantitative estimate of drug-likeness (QED) is 0.742. The molecular formula is C15H26N2OS. The van der Waals surface area contributed by atoms with E-state index in [-0.39, 0.29) is 5.92 Å². The SMILES string of the molecule is CN(C)C[C@@H]1CSCCCN1C(=O)[C@@H]1CC=CCC1. The number of allylic oxidation sites excluding steroid dienone is 2. The van der Waals surface area contributed by atoms with E-state index < -0.39 is 0 Å². The van der Waals surface area contributed by atoms with E-state index in [9.17, 15) is 4.79 Å². The number of hydrogen-bond acceptors (Lipinski definition) is 3. The molecule has 0 aromatic rings. The number of carbonyl (C=O) groups is 1. The van der Waals surface area contributed by atoms with E-state index in [0.717, 1.165) is 44.5 Å². The number of amides is 1. The fourth-order valence-corrected chi connectivity index (χ4v) is 4.00. The first-order valence-electron chi connectivity index (χ1n) is 7.36. The van der Waals surface area contributed by atoms with Crippen LogP contribution in [-0.2, 0) is 4.79 Å². The molecule has 0 N–H and O–H groups in total. The smallest absolute Gasteiger partial charge is 0.226 e. The summed E-state index contributed by atoms with van der Waals surface area (Å²) in [5, 5.41) is 0. The van der Waals surface area contributed by atoms with Crippen LogP contribution in [-0.4, -0.2) is 60.4 Å². The summed E-state index contributed by atoms with van der Waals surface area (Å²) in [7, 11) is 4.20. The van der Waals surface area contributed by atoms with Gasteiger partial charge < -0.3 is 9.80 Å². The van der Waals surface area contributed by atoms with Gasteiger partial charge in [-0.25, -0.2) is 0 Å². The lowest BCUT2D eigenvalue weighted by atomic mass is 9.92. The molecule has 4 heteroatoms. The molecule has 0 unspecified atom stereocenters. The molecule has 1 amide bonds. The summed E-state index contributed by atoms with van der Waals surface area (Å²) in [6.45, 7) is 1.94. The van der Waals surface area contributed by atoms with Crippen LogP contribution in [0.15, 0.2) is 12.2 Å². The van der Waals surface area contributed by atoms with E-state index in [2.05, 4.69) is 36.0 Å². The first-order valence-corrected chi connectivity index (χ1v) is 8.52. The molecule has 0 spiro atoms. The van der Waals surface area contributed by atoms with Gasteiger partial charge in [-0.05, 0) is 45.5 Å². The molecule has 1 fully saturated rings. The zero-order valence-corrected chi connectivity index (χ0v) is 13.0. The van der Waals surface area contributed by atoms with Gasteiger partial charge in [0, 0.05) is 24.8 Å². The van der Waals surface area contributed by atoms with Crippen LogP contribution < -0.4 is 0 Å². The number of hydrogen-bond donors (Lipinski definition) is 0. The van der Waals surface area contributed by atoms with Crippen molar-refractivity contribution < 1.29 is 4.79 Å². The van der Waals surface area contributed by atoms with E-state index in [1.165, 1.54) is 5.75 Å². The molecule has 19 heavy (non-hydrogen) atoms. The molecule has 0 radical (unpaired) electrons. The van der Waals surface area contributed by atoms with Crippen LogP contribution in [0, 0.1) is 5.92 Å². The average Bonchev–Trinajstić information content (AvgIpc) is 2.64. The predicted molar refractivity (Wildman–Crippen MR) is 82.5 cm³/mol. The Labute approximate surface area is 121 Å². The van der Waals surface area contributed by atoms with Gasteiger partial charge >= 0.3 is 0 Å². The van der Waals surface area contributed by atoms with Crippen molar-refractivity contribution in [2.24, 2.45) is 5.92 Å². The summed E-state index contributed by atoms with van der Waals surface area (Å²) in [5.74, 6) is 2.92. The van der Waals surface area contributed by atoms with E-state index in [4.69, 9.17) is 0 Å². The summed E-state index contributed by atoms with van der Waals surface area (Å²) in [6, 6.07) is 0.390. The molecule has 1 heterocycles. The molecule has 0 aromatic carbocycles. The molecule has 0 bridgehead atoms. The highest BCUT2D eigenvalue weighted by molar-refractivity contribution is 7.99. The zero-order valence-electron chi connectivity index (χ0n) is 12.2. The molecule has 3 nitrogen and oxygen atoms in total. The van der Waals surface area contributed by atoms with Crippen molar-refractivity contribution in [3.05, 3.63) is 12.2 Å². The number of rotatable bonds is 3. The van der Waals surface area contributed by atoms with Crippen molar-refractivity contribution in [2.75, 3.05) is 38.7 Å². The Morgan fingerprint density at radius 2 is 2.26 bits per heavy atom. The minimum absolute atomic E-state index is 0.234. The summed E-state index contributed by atoms with van der Waals surface area (Å²) in [4.78, 5) is 17.2. The number of carbonyl (C=O) groups excluding carboxylic acids is 1. The second-order valence-corrected chi connectivity index (χ2v) is 7.01.